The van der Waals surface area contributed by atoms with Gasteiger partial charge >= 0.3 is 6.03 Å². The van der Waals surface area contributed by atoms with Crippen molar-refractivity contribution in [2.45, 2.75) is 32.2 Å². The summed E-state index contributed by atoms with van der Waals surface area (Å²) in [6.07, 6.45) is 0.264. The third-order valence-corrected chi connectivity index (χ3v) is 3.78. The van der Waals surface area contributed by atoms with Gasteiger partial charge in [0.1, 0.15) is 11.9 Å². The highest BCUT2D eigenvalue weighted by Crippen LogP contribution is 2.18. The highest BCUT2D eigenvalue weighted by atomic mass is 35.5. The molecule has 0 bridgehead atoms. The zero-order chi connectivity index (χ0) is 16.6. The van der Waals surface area contributed by atoms with Gasteiger partial charge in [0.15, 0.2) is 5.82 Å². The minimum atomic E-state index is -0.641. The molecule has 7 nitrogen and oxygen atoms in total. The van der Waals surface area contributed by atoms with Crippen LogP contribution in [0.4, 0.5) is 4.79 Å². The molecule has 120 valence electrons. The fourth-order valence-electron chi connectivity index (χ4n) is 2.31. The number of amides is 3. The predicted molar refractivity (Wildman–Crippen MR) is 84.6 cm³/mol. The first-order valence-electron chi connectivity index (χ1n) is 7.27. The maximum absolute atomic E-state index is 11.8. The molecule has 0 spiro atoms. The van der Waals surface area contributed by atoms with Crippen molar-refractivity contribution < 1.29 is 9.59 Å². The molecule has 1 aliphatic rings. The van der Waals surface area contributed by atoms with Gasteiger partial charge in [-0.05, 0) is 24.3 Å². The number of halogens is 1. The highest BCUT2D eigenvalue weighted by molar-refractivity contribution is 6.30. The van der Waals surface area contributed by atoms with Gasteiger partial charge in [-0.25, -0.2) is 14.5 Å². The number of carbonyl (C=O) groups excluding carboxylic acids is 2. The smallest absolute Gasteiger partial charge is 0.322 e. The molecular formula is C15H16ClN5O2. The van der Waals surface area contributed by atoms with Crippen molar-refractivity contribution in [3.63, 3.8) is 0 Å². The number of benzene rings is 1. The third kappa shape index (κ3) is 3.19. The quantitative estimate of drug-likeness (QED) is 0.835. The van der Waals surface area contributed by atoms with Crippen molar-refractivity contribution in [2.75, 3.05) is 0 Å². The average molecular weight is 334 g/mol. The summed E-state index contributed by atoms with van der Waals surface area (Å²) in [6, 6.07) is 6.07. The van der Waals surface area contributed by atoms with Crippen LogP contribution in [0.3, 0.4) is 0 Å². The topological polar surface area (TPSA) is 88.9 Å². The Kier molecular flexibility index (Phi) is 4.04. The van der Waals surface area contributed by atoms with Crippen LogP contribution in [0.25, 0.3) is 5.69 Å². The van der Waals surface area contributed by atoms with Gasteiger partial charge < -0.3 is 5.32 Å². The van der Waals surface area contributed by atoms with E-state index in [9.17, 15) is 9.59 Å². The summed E-state index contributed by atoms with van der Waals surface area (Å²) in [5, 5.41) is 9.94. The van der Waals surface area contributed by atoms with Crippen molar-refractivity contribution in [1.29, 1.82) is 0 Å². The van der Waals surface area contributed by atoms with Crippen LogP contribution in [0.15, 0.2) is 24.3 Å². The van der Waals surface area contributed by atoms with E-state index >= 15 is 0 Å². The monoisotopic (exact) mass is 333 g/mol. The van der Waals surface area contributed by atoms with Crippen LogP contribution in [-0.4, -0.2) is 32.7 Å². The van der Waals surface area contributed by atoms with Crippen LogP contribution >= 0.6 is 11.6 Å². The Hall–Kier alpha value is -2.41. The number of nitrogens with zero attached hydrogens (tertiary/aromatic N) is 3. The SMILES string of the molecule is CC(C)c1nc(C[C@@H]2NC(=O)NC2=O)n(-c2ccc(Cl)cc2)n1. The molecule has 1 aromatic carbocycles. The van der Waals surface area contributed by atoms with Gasteiger partial charge in [-0.3, -0.25) is 10.1 Å². The average Bonchev–Trinajstić information content (AvgIpc) is 3.04. The second-order valence-corrected chi connectivity index (χ2v) is 6.09. The maximum Gasteiger partial charge on any atom is 0.322 e. The van der Waals surface area contributed by atoms with E-state index in [0.717, 1.165) is 5.69 Å². The van der Waals surface area contributed by atoms with Crippen molar-refractivity contribution in [1.82, 2.24) is 25.4 Å². The molecule has 1 fully saturated rings. The molecule has 1 saturated heterocycles. The number of aromatic nitrogens is 3. The van der Waals surface area contributed by atoms with Crippen LogP contribution in [-0.2, 0) is 11.2 Å². The number of nitrogens with one attached hydrogen (secondary N) is 2. The fourth-order valence-corrected chi connectivity index (χ4v) is 2.44. The number of carbonyl (C=O) groups is 2. The van der Waals surface area contributed by atoms with E-state index in [0.29, 0.717) is 16.7 Å². The lowest BCUT2D eigenvalue weighted by Gasteiger charge is -2.09. The lowest BCUT2D eigenvalue weighted by atomic mass is 10.2. The lowest BCUT2D eigenvalue weighted by Crippen LogP contribution is -2.32. The second-order valence-electron chi connectivity index (χ2n) is 5.65. The molecule has 3 rings (SSSR count). The number of urea groups is 1. The molecule has 2 aromatic rings. The molecule has 2 heterocycles. The van der Waals surface area contributed by atoms with Gasteiger partial charge in [0.2, 0.25) is 0 Å². The summed E-state index contributed by atoms with van der Waals surface area (Å²) in [4.78, 5) is 27.5. The minimum Gasteiger partial charge on any atom is -0.326 e. The largest absolute Gasteiger partial charge is 0.326 e. The van der Waals surface area contributed by atoms with Gasteiger partial charge in [0.25, 0.3) is 5.91 Å². The van der Waals surface area contributed by atoms with Crippen molar-refractivity contribution in [2.24, 2.45) is 0 Å². The summed E-state index contributed by atoms with van der Waals surface area (Å²) in [5.41, 5.74) is 0.800. The summed E-state index contributed by atoms with van der Waals surface area (Å²) in [5.74, 6) is 1.08. The molecule has 0 aliphatic carbocycles. The molecule has 1 aliphatic heterocycles. The van der Waals surface area contributed by atoms with Crippen LogP contribution in [0.1, 0.15) is 31.4 Å². The molecule has 0 saturated carbocycles. The summed E-state index contributed by atoms with van der Waals surface area (Å²) >= 11 is 5.92. The Morgan fingerprint density at radius 2 is 1.96 bits per heavy atom. The molecule has 23 heavy (non-hydrogen) atoms. The Labute approximate surface area is 138 Å². The van der Waals surface area contributed by atoms with Crippen molar-refractivity contribution in [3.05, 3.63) is 40.9 Å². The number of hydrogen-bond acceptors (Lipinski definition) is 4. The van der Waals surface area contributed by atoms with E-state index in [1.54, 1.807) is 16.8 Å². The van der Waals surface area contributed by atoms with E-state index < -0.39 is 12.1 Å². The van der Waals surface area contributed by atoms with E-state index in [-0.39, 0.29) is 18.2 Å². The minimum absolute atomic E-state index is 0.147. The summed E-state index contributed by atoms with van der Waals surface area (Å²) < 4.78 is 1.68. The first-order valence-corrected chi connectivity index (χ1v) is 7.65. The molecule has 8 heteroatoms. The maximum atomic E-state index is 11.8. The van der Waals surface area contributed by atoms with Gasteiger partial charge in [0, 0.05) is 17.4 Å². The van der Waals surface area contributed by atoms with Gasteiger partial charge in [-0.2, -0.15) is 5.10 Å². The number of imide groups is 1. The molecule has 3 amide bonds. The normalized spacial score (nSPS) is 17.5. The van der Waals surface area contributed by atoms with Crippen LogP contribution in [0, 0.1) is 0 Å². The number of rotatable bonds is 4. The van der Waals surface area contributed by atoms with E-state index in [4.69, 9.17) is 11.6 Å². The molecule has 0 radical (unpaired) electrons. The Bertz CT molecular complexity index is 754. The van der Waals surface area contributed by atoms with Gasteiger partial charge in [0.05, 0.1) is 5.69 Å². The fraction of sp³-hybridized carbons (Fsp3) is 0.333. The van der Waals surface area contributed by atoms with E-state index in [1.165, 1.54) is 0 Å². The van der Waals surface area contributed by atoms with Crippen molar-refractivity contribution in [3.8, 4) is 5.69 Å². The van der Waals surface area contributed by atoms with Crippen LogP contribution in [0.2, 0.25) is 5.02 Å². The molecule has 0 unspecified atom stereocenters. The molecule has 2 N–H and O–H groups in total. The first-order chi connectivity index (χ1) is 10.9. The van der Waals surface area contributed by atoms with E-state index in [2.05, 4.69) is 20.7 Å². The Morgan fingerprint density at radius 1 is 1.26 bits per heavy atom. The lowest BCUT2D eigenvalue weighted by molar-refractivity contribution is -0.120. The van der Waals surface area contributed by atoms with Crippen molar-refractivity contribution >= 4 is 23.5 Å². The standard InChI is InChI=1S/C15H16ClN5O2/c1-8(2)13-18-12(7-11-14(22)19-15(23)17-11)21(20-13)10-5-3-9(16)4-6-10/h3-6,8,11H,7H2,1-2H3,(H2,17,19,22,23)/t11-/m0/s1. The zero-order valence-electron chi connectivity index (χ0n) is 12.7. The van der Waals surface area contributed by atoms with Gasteiger partial charge in [-0.1, -0.05) is 25.4 Å². The molecule has 1 atom stereocenters. The van der Waals surface area contributed by atoms with Crippen LogP contribution < -0.4 is 10.6 Å². The van der Waals surface area contributed by atoms with Crippen LogP contribution in [0.5, 0.6) is 0 Å². The highest BCUT2D eigenvalue weighted by Gasteiger charge is 2.31. The third-order valence-electron chi connectivity index (χ3n) is 3.52. The summed E-state index contributed by atoms with van der Waals surface area (Å²) in [6.45, 7) is 3.99. The Balaban J connectivity index is 1.96. The summed E-state index contributed by atoms with van der Waals surface area (Å²) in [7, 11) is 0. The van der Waals surface area contributed by atoms with Gasteiger partial charge in [-0.15, -0.1) is 0 Å². The molecule has 1 aromatic heterocycles. The first kappa shape index (κ1) is 15.5. The molecular weight excluding hydrogens is 318 g/mol. The predicted octanol–water partition coefficient (Wildman–Crippen LogP) is 1.79. The Morgan fingerprint density at radius 3 is 2.52 bits per heavy atom. The van der Waals surface area contributed by atoms with E-state index in [1.807, 2.05) is 26.0 Å². The second kappa shape index (κ2) is 6.00. The zero-order valence-corrected chi connectivity index (χ0v) is 13.5. The number of hydrogen-bond donors (Lipinski definition) is 2.